The van der Waals surface area contributed by atoms with E-state index in [4.69, 9.17) is 16.3 Å². The van der Waals surface area contributed by atoms with Crippen molar-refractivity contribution in [2.24, 2.45) is 0 Å². The van der Waals surface area contributed by atoms with Gasteiger partial charge >= 0.3 is 5.97 Å². The molecule has 0 spiro atoms. The molecule has 0 radical (unpaired) electrons. The maximum atomic E-state index is 13.2. The van der Waals surface area contributed by atoms with Crippen LogP contribution in [0.1, 0.15) is 61.4 Å². The summed E-state index contributed by atoms with van der Waals surface area (Å²) in [5.74, 6) is -0.0379. The van der Waals surface area contributed by atoms with Gasteiger partial charge in [0.2, 0.25) is 5.82 Å². The van der Waals surface area contributed by atoms with E-state index in [1.165, 1.54) is 0 Å². The fourth-order valence-electron chi connectivity index (χ4n) is 4.60. The first-order valence-electron chi connectivity index (χ1n) is 14.2. The second kappa shape index (κ2) is 15.6. The average molecular weight is 625 g/mol. The summed E-state index contributed by atoms with van der Waals surface area (Å²) in [4.78, 5) is 44.7. The zero-order valence-corrected chi connectivity index (χ0v) is 25.1. The number of aromatic amines is 1. The molecule has 2 N–H and O–H groups in total. The number of imidazole rings is 1. The minimum Gasteiger partial charge on any atom is -0.464 e. The number of benzene rings is 2. The lowest BCUT2D eigenvalue weighted by atomic mass is 9.98. The number of ether oxygens (including phenoxy) is 1. The van der Waals surface area contributed by atoms with E-state index in [9.17, 15) is 19.7 Å². The molecule has 2 aromatic heterocycles. The molecule has 0 aliphatic carbocycles. The summed E-state index contributed by atoms with van der Waals surface area (Å²) in [6.07, 6.45) is 2.51. The molecule has 0 saturated heterocycles. The van der Waals surface area contributed by atoms with Crippen LogP contribution < -0.4 is 5.32 Å². The first-order valence-corrected chi connectivity index (χ1v) is 14.6. The summed E-state index contributed by atoms with van der Waals surface area (Å²) < 4.78 is 6.91. The number of halogens is 1. The predicted octanol–water partition coefficient (Wildman–Crippen LogP) is 4.42. The van der Waals surface area contributed by atoms with Gasteiger partial charge in [-0.15, -0.1) is 20.3 Å². The Bertz CT molecular complexity index is 1560. The van der Waals surface area contributed by atoms with Crippen molar-refractivity contribution in [2.75, 3.05) is 13.2 Å². The van der Waals surface area contributed by atoms with E-state index in [0.717, 1.165) is 35.1 Å². The highest BCUT2D eigenvalue weighted by atomic mass is 35.5. The summed E-state index contributed by atoms with van der Waals surface area (Å²) in [6, 6.07) is 15.7. The zero-order valence-electron chi connectivity index (χ0n) is 24.4. The number of carbonyl (C=O) groups excluding carboxylic acids is 2. The fraction of sp³-hybridized carbons (Fsp3) is 0.379. The number of esters is 1. The third-order valence-corrected chi connectivity index (χ3v) is 7.03. The molecule has 15 heteroatoms. The highest BCUT2D eigenvalue weighted by Crippen LogP contribution is 2.30. The second-order valence-electron chi connectivity index (χ2n) is 10.0. The molecule has 2 heterocycles. The molecule has 4 aromatic rings. The summed E-state index contributed by atoms with van der Waals surface area (Å²) in [7, 11) is 0. The van der Waals surface area contributed by atoms with E-state index in [2.05, 4.69) is 42.7 Å². The van der Waals surface area contributed by atoms with Gasteiger partial charge in [-0.3, -0.25) is 9.59 Å². The Morgan fingerprint density at radius 3 is 2.57 bits per heavy atom. The highest BCUT2D eigenvalue weighted by Gasteiger charge is 2.23. The number of aromatic nitrogens is 6. The molecule has 1 atom stereocenters. The molecule has 4 rings (SSSR count). The van der Waals surface area contributed by atoms with Gasteiger partial charge in [0.1, 0.15) is 24.2 Å². The molecule has 1 amide bonds. The lowest BCUT2D eigenvalue weighted by molar-refractivity contribution is -0.767. The monoisotopic (exact) mass is 624 g/mol. The third kappa shape index (κ3) is 8.60. The maximum absolute atomic E-state index is 13.2. The molecule has 14 nitrogen and oxygen atoms in total. The van der Waals surface area contributed by atoms with Crippen LogP contribution in [0.5, 0.6) is 0 Å². The molecule has 0 aliphatic rings. The molecule has 1 unspecified atom stereocenters. The minimum atomic E-state index is -0.857. The van der Waals surface area contributed by atoms with Crippen molar-refractivity contribution in [1.82, 2.24) is 35.5 Å². The van der Waals surface area contributed by atoms with Crippen molar-refractivity contribution >= 4 is 23.5 Å². The quantitative estimate of drug-likeness (QED) is 0.0783. The number of unbranched alkanes of at least 4 members (excludes halogenated alkanes) is 1. The predicted molar refractivity (Wildman–Crippen MR) is 160 cm³/mol. The van der Waals surface area contributed by atoms with Crippen molar-refractivity contribution in [3.05, 3.63) is 80.9 Å². The van der Waals surface area contributed by atoms with Crippen LogP contribution in [0.2, 0.25) is 5.15 Å². The third-order valence-electron chi connectivity index (χ3n) is 6.77. The van der Waals surface area contributed by atoms with Crippen LogP contribution in [-0.2, 0) is 27.3 Å². The molecule has 232 valence electrons. The number of carbonyl (C=O) groups is 2. The van der Waals surface area contributed by atoms with Crippen molar-refractivity contribution in [3.8, 4) is 22.5 Å². The Hall–Kier alpha value is -4.85. The summed E-state index contributed by atoms with van der Waals surface area (Å²) in [5, 5.41) is 26.5. The van der Waals surface area contributed by atoms with Gasteiger partial charge in [-0.1, -0.05) is 73.5 Å². The number of aryl methyl sites for hydroxylation is 1. The number of hydrogen-bond acceptors (Lipinski definition) is 10. The van der Waals surface area contributed by atoms with Crippen molar-refractivity contribution < 1.29 is 24.3 Å². The number of amides is 1. The summed E-state index contributed by atoms with van der Waals surface area (Å²) in [6.45, 7) is 3.62. The van der Waals surface area contributed by atoms with Crippen molar-refractivity contribution in [3.63, 3.8) is 0 Å². The number of H-pyrrole nitrogens is 1. The van der Waals surface area contributed by atoms with Crippen LogP contribution in [-0.4, -0.2) is 66.4 Å². The van der Waals surface area contributed by atoms with E-state index in [0.29, 0.717) is 37.5 Å². The van der Waals surface area contributed by atoms with E-state index in [1.54, 1.807) is 11.5 Å². The van der Waals surface area contributed by atoms with Crippen LogP contribution in [0.3, 0.4) is 0 Å². The fourth-order valence-corrected chi connectivity index (χ4v) is 4.89. The number of rotatable bonds is 16. The molecule has 0 bridgehead atoms. The standard InChI is InChI=1S/C29H33ClN8O6/c1-3-4-11-24-32-27(30)26(29(40)31-17-25(39)43-16-7-8-19(2)44-38(41)42)37(24)18-20-12-14-21(15-13-20)22-9-5-6-10-23(22)28-33-35-36-34-28/h5-6,9-10,12-15,19H,3-4,7-8,11,16-18H2,1-2H3,(H,31,40)(H,33,34,35,36). The van der Waals surface area contributed by atoms with Gasteiger partial charge in [-0.25, -0.2) is 4.98 Å². The molecule has 0 saturated carbocycles. The smallest absolute Gasteiger partial charge is 0.325 e. The maximum Gasteiger partial charge on any atom is 0.325 e. The van der Waals surface area contributed by atoms with Gasteiger partial charge in [-0.2, -0.15) is 5.21 Å². The van der Waals surface area contributed by atoms with E-state index < -0.39 is 23.1 Å². The number of tetrazole rings is 1. The first kappa shape index (κ1) is 32.1. The lowest BCUT2D eigenvalue weighted by Gasteiger charge is -2.14. The number of hydrogen-bond donors (Lipinski definition) is 2. The van der Waals surface area contributed by atoms with Crippen LogP contribution in [0.15, 0.2) is 48.5 Å². The van der Waals surface area contributed by atoms with Crippen LogP contribution in [0.4, 0.5) is 0 Å². The highest BCUT2D eigenvalue weighted by molar-refractivity contribution is 6.32. The Morgan fingerprint density at radius 1 is 1.14 bits per heavy atom. The number of nitrogens with one attached hydrogen (secondary N) is 2. The SMILES string of the molecule is CCCCc1nc(Cl)c(C(=O)NCC(=O)OCCCC(C)O[N+](=O)[O-])n1Cc1ccc(-c2ccccc2-c2nn[nH]n2)cc1. The van der Waals surface area contributed by atoms with E-state index >= 15 is 0 Å². The molecule has 2 aromatic carbocycles. The largest absolute Gasteiger partial charge is 0.464 e. The second-order valence-corrected chi connectivity index (χ2v) is 10.4. The van der Waals surface area contributed by atoms with Gasteiger partial charge in [0.15, 0.2) is 5.15 Å². The zero-order chi connectivity index (χ0) is 31.5. The van der Waals surface area contributed by atoms with Crippen molar-refractivity contribution in [1.29, 1.82) is 0 Å². The van der Waals surface area contributed by atoms with E-state index in [1.807, 2.05) is 48.5 Å². The molecule has 44 heavy (non-hydrogen) atoms. The van der Waals surface area contributed by atoms with Crippen molar-refractivity contribution in [2.45, 2.75) is 58.6 Å². The van der Waals surface area contributed by atoms with Crippen LogP contribution >= 0.6 is 11.6 Å². The summed E-state index contributed by atoms with van der Waals surface area (Å²) >= 11 is 6.46. The summed E-state index contributed by atoms with van der Waals surface area (Å²) in [5.41, 5.74) is 3.82. The first-order chi connectivity index (χ1) is 21.3. The molecule has 0 aliphatic heterocycles. The van der Waals surface area contributed by atoms with Gasteiger partial charge in [0, 0.05) is 18.5 Å². The minimum absolute atomic E-state index is 0.0372. The molecule has 0 fully saturated rings. The van der Waals surface area contributed by atoms with Gasteiger partial charge in [0.25, 0.3) is 11.0 Å². The topological polar surface area (TPSA) is 180 Å². The van der Waals surface area contributed by atoms with E-state index in [-0.39, 0.29) is 24.0 Å². The van der Waals surface area contributed by atoms with Crippen LogP contribution in [0, 0.1) is 10.1 Å². The molecular weight excluding hydrogens is 592 g/mol. The normalized spacial score (nSPS) is 11.6. The Kier molecular flexibility index (Phi) is 11.3. The Labute approximate surface area is 258 Å². The van der Waals surface area contributed by atoms with Gasteiger partial charge in [-0.05, 0) is 48.1 Å². The average Bonchev–Trinajstić information content (AvgIpc) is 3.65. The van der Waals surface area contributed by atoms with Crippen LogP contribution in [0.25, 0.3) is 22.5 Å². The molecular formula is C29H33ClN8O6. The Morgan fingerprint density at radius 2 is 1.89 bits per heavy atom. The van der Waals surface area contributed by atoms with Gasteiger partial charge < -0.3 is 19.5 Å². The number of nitrogens with zero attached hydrogens (tertiary/aromatic N) is 6. The Balaban J connectivity index is 1.44. The van der Waals surface area contributed by atoms with Gasteiger partial charge in [0.05, 0.1) is 6.61 Å². The lowest BCUT2D eigenvalue weighted by Crippen LogP contribution is -2.32.